The molecule has 7 heteroatoms. The zero-order valence-electron chi connectivity index (χ0n) is 21.5. The first-order valence-corrected chi connectivity index (χ1v) is 13.3. The Bertz CT molecular complexity index is 1200. The van der Waals surface area contributed by atoms with Gasteiger partial charge in [-0.3, -0.25) is 9.69 Å². The van der Waals surface area contributed by atoms with Gasteiger partial charge in [0.15, 0.2) is 0 Å². The lowest BCUT2D eigenvalue weighted by Gasteiger charge is -2.44. The molecule has 5 rings (SSSR count). The summed E-state index contributed by atoms with van der Waals surface area (Å²) in [6.45, 7) is 3.05. The number of nitrogens with zero attached hydrogens (tertiary/aromatic N) is 4. The van der Waals surface area contributed by atoms with E-state index in [-0.39, 0.29) is 11.9 Å². The maximum Gasteiger partial charge on any atom is 0.233 e. The standard InChI is InChI=1S/C30H35N5O2/c1-37-26-11-9-25(10-12-26)30(13-3-2-4-14-30)29(36)35-17-15-34(16-18-35)28(27-21-32-22-33-27)19-23-5-7-24(20-31)8-6-23/h5-12,21-22,28H,2-4,13-19H2,1H3,(H,32,33). The van der Waals surface area contributed by atoms with Crippen molar-refractivity contribution in [2.45, 2.75) is 50.0 Å². The monoisotopic (exact) mass is 497 g/mol. The fourth-order valence-corrected chi connectivity index (χ4v) is 6.05. The quantitative estimate of drug-likeness (QED) is 0.515. The highest BCUT2D eigenvalue weighted by Crippen LogP contribution is 2.42. The summed E-state index contributed by atoms with van der Waals surface area (Å²) in [5.41, 5.74) is 3.61. The number of aromatic amines is 1. The van der Waals surface area contributed by atoms with E-state index < -0.39 is 5.41 Å². The van der Waals surface area contributed by atoms with E-state index >= 15 is 0 Å². The van der Waals surface area contributed by atoms with E-state index in [1.54, 1.807) is 13.4 Å². The zero-order valence-corrected chi connectivity index (χ0v) is 21.5. The van der Waals surface area contributed by atoms with Crippen LogP contribution in [0.1, 0.15) is 60.5 Å². The summed E-state index contributed by atoms with van der Waals surface area (Å²) >= 11 is 0. The van der Waals surface area contributed by atoms with Crippen molar-refractivity contribution in [3.05, 3.63) is 83.4 Å². The number of amides is 1. The Balaban J connectivity index is 1.31. The van der Waals surface area contributed by atoms with Crippen molar-refractivity contribution in [1.29, 1.82) is 5.26 Å². The van der Waals surface area contributed by atoms with Crippen LogP contribution in [0.15, 0.2) is 61.1 Å². The number of carbonyl (C=O) groups is 1. The minimum absolute atomic E-state index is 0.137. The molecule has 0 spiro atoms. The second-order valence-corrected chi connectivity index (χ2v) is 10.2. The molecule has 1 unspecified atom stereocenters. The Labute approximate surface area is 219 Å². The van der Waals surface area contributed by atoms with Crippen LogP contribution in [0.25, 0.3) is 0 Å². The molecular weight excluding hydrogens is 462 g/mol. The molecule has 0 radical (unpaired) electrons. The molecule has 1 atom stereocenters. The van der Waals surface area contributed by atoms with Crippen LogP contribution in [0, 0.1) is 11.3 Å². The van der Waals surface area contributed by atoms with E-state index in [1.165, 1.54) is 12.0 Å². The van der Waals surface area contributed by atoms with Crippen LogP contribution in [-0.2, 0) is 16.6 Å². The summed E-state index contributed by atoms with van der Waals surface area (Å²) in [4.78, 5) is 26.2. The second kappa shape index (κ2) is 11.2. The molecule has 1 amide bonds. The first kappa shape index (κ1) is 25.0. The lowest BCUT2D eigenvalue weighted by Crippen LogP contribution is -2.55. The van der Waals surface area contributed by atoms with Gasteiger partial charge in [0.05, 0.1) is 42.2 Å². The van der Waals surface area contributed by atoms with Crippen molar-refractivity contribution in [2.24, 2.45) is 0 Å². The number of carbonyl (C=O) groups excluding carboxylic acids is 1. The van der Waals surface area contributed by atoms with Crippen LogP contribution in [-0.4, -0.2) is 59.0 Å². The summed E-state index contributed by atoms with van der Waals surface area (Å²) in [5.74, 6) is 1.10. The maximum atomic E-state index is 14.1. The normalized spacial score (nSPS) is 18.6. The Morgan fingerprint density at radius 2 is 1.76 bits per heavy atom. The number of rotatable bonds is 7. The lowest BCUT2D eigenvalue weighted by atomic mass is 9.68. The van der Waals surface area contributed by atoms with Crippen molar-refractivity contribution in [3.8, 4) is 11.8 Å². The highest BCUT2D eigenvalue weighted by molar-refractivity contribution is 5.88. The fraction of sp³-hybridized carbons (Fsp3) is 0.433. The third-order valence-corrected chi connectivity index (χ3v) is 8.19. The molecule has 0 bridgehead atoms. The molecule has 2 aliphatic rings. The molecule has 2 aromatic carbocycles. The van der Waals surface area contributed by atoms with E-state index in [0.717, 1.165) is 75.3 Å². The van der Waals surface area contributed by atoms with Gasteiger partial charge in [-0.25, -0.2) is 4.98 Å². The molecule has 1 aromatic heterocycles. The third-order valence-electron chi connectivity index (χ3n) is 8.19. The fourth-order valence-electron chi connectivity index (χ4n) is 6.05. The minimum Gasteiger partial charge on any atom is -0.497 e. The van der Waals surface area contributed by atoms with Crippen LogP contribution in [0.5, 0.6) is 5.75 Å². The number of H-pyrrole nitrogens is 1. The number of aromatic nitrogens is 2. The van der Waals surface area contributed by atoms with Gasteiger partial charge in [0.2, 0.25) is 5.91 Å². The molecule has 1 saturated heterocycles. The largest absolute Gasteiger partial charge is 0.497 e. The van der Waals surface area contributed by atoms with Crippen molar-refractivity contribution in [3.63, 3.8) is 0 Å². The number of nitriles is 1. The average molecular weight is 498 g/mol. The van der Waals surface area contributed by atoms with E-state index in [2.05, 4.69) is 38.0 Å². The number of benzene rings is 2. The Morgan fingerprint density at radius 1 is 1.05 bits per heavy atom. The lowest BCUT2D eigenvalue weighted by molar-refractivity contribution is -0.141. The summed E-state index contributed by atoms with van der Waals surface area (Å²) in [6.07, 6.45) is 9.63. The van der Waals surface area contributed by atoms with Gasteiger partial charge in [0, 0.05) is 32.4 Å². The number of nitrogens with one attached hydrogen (secondary N) is 1. The number of ether oxygens (including phenoxy) is 1. The third kappa shape index (κ3) is 5.26. The number of imidazole rings is 1. The van der Waals surface area contributed by atoms with Crippen molar-refractivity contribution >= 4 is 5.91 Å². The molecule has 3 aromatic rings. The van der Waals surface area contributed by atoms with Crippen LogP contribution in [0.3, 0.4) is 0 Å². The van der Waals surface area contributed by atoms with Crippen LogP contribution in [0.4, 0.5) is 0 Å². The molecule has 192 valence electrons. The van der Waals surface area contributed by atoms with Gasteiger partial charge < -0.3 is 14.6 Å². The molecule has 7 nitrogen and oxygen atoms in total. The van der Waals surface area contributed by atoms with Crippen LogP contribution in [0.2, 0.25) is 0 Å². The Morgan fingerprint density at radius 3 is 2.35 bits per heavy atom. The smallest absolute Gasteiger partial charge is 0.233 e. The SMILES string of the molecule is COc1ccc(C2(C(=O)N3CCN(C(Cc4ccc(C#N)cc4)c4cnc[nH]4)CC3)CCCCC2)cc1. The molecular formula is C30H35N5O2. The van der Waals surface area contributed by atoms with E-state index in [1.807, 2.05) is 42.6 Å². The summed E-state index contributed by atoms with van der Waals surface area (Å²) in [6, 6.07) is 18.3. The summed E-state index contributed by atoms with van der Waals surface area (Å²) < 4.78 is 5.36. The first-order chi connectivity index (χ1) is 18.1. The van der Waals surface area contributed by atoms with Gasteiger partial charge in [0.1, 0.15) is 5.75 Å². The maximum absolute atomic E-state index is 14.1. The first-order valence-electron chi connectivity index (χ1n) is 13.3. The van der Waals surface area contributed by atoms with Gasteiger partial charge in [-0.05, 0) is 54.7 Å². The van der Waals surface area contributed by atoms with Gasteiger partial charge in [-0.1, -0.05) is 43.5 Å². The predicted molar refractivity (Wildman–Crippen MR) is 142 cm³/mol. The van der Waals surface area contributed by atoms with Gasteiger partial charge in [0.25, 0.3) is 0 Å². The van der Waals surface area contributed by atoms with Gasteiger partial charge >= 0.3 is 0 Å². The van der Waals surface area contributed by atoms with Crippen LogP contribution < -0.4 is 4.74 Å². The molecule has 2 heterocycles. The van der Waals surface area contributed by atoms with E-state index in [4.69, 9.17) is 10.00 Å². The van der Waals surface area contributed by atoms with Gasteiger partial charge in [-0.15, -0.1) is 0 Å². The van der Waals surface area contributed by atoms with E-state index in [0.29, 0.717) is 5.56 Å². The second-order valence-electron chi connectivity index (χ2n) is 10.2. The van der Waals surface area contributed by atoms with Crippen molar-refractivity contribution in [2.75, 3.05) is 33.3 Å². The molecule has 1 aliphatic carbocycles. The highest BCUT2D eigenvalue weighted by atomic mass is 16.5. The minimum atomic E-state index is -0.433. The average Bonchev–Trinajstić information content (AvgIpc) is 3.51. The van der Waals surface area contributed by atoms with Crippen molar-refractivity contribution < 1.29 is 9.53 Å². The number of piperazine rings is 1. The van der Waals surface area contributed by atoms with E-state index in [9.17, 15) is 4.79 Å². The molecule has 37 heavy (non-hydrogen) atoms. The highest BCUT2D eigenvalue weighted by Gasteiger charge is 2.44. The number of hydrogen-bond donors (Lipinski definition) is 1. The Kier molecular flexibility index (Phi) is 7.57. The number of methoxy groups -OCH3 is 1. The van der Waals surface area contributed by atoms with Crippen LogP contribution >= 0.6 is 0 Å². The summed E-state index contributed by atoms with van der Waals surface area (Å²) in [7, 11) is 1.67. The Hall–Kier alpha value is -3.63. The zero-order chi connectivity index (χ0) is 25.7. The molecule has 1 saturated carbocycles. The number of hydrogen-bond acceptors (Lipinski definition) is 5. The van der Waals surface area contributed by atoms with Crippen molar-refractivity contribution in [1.82, 2.24) is 19.8 Å². The summed E-state index contributed by atoms with van der Waals surface area (Å²) in [5, 5.41) is 9.13. The predicted octanol–water partition coefficient (Wildman–Crippen LogP) is 4.62. The molecule has 2 fully saturated rings. The topological polar surface area (TPSA) is 85.2 Å². The molecule has 1 N–H and O–H groups in total. The molecule has 1 aliphatic heterocycles. The van der Waals surface area contributed by atoms with Gasteiger partial charge in [-0.2, -0.15) is 5.26 Å².